The number of benzene rings is 2. The predicted octanol–water partition coefficient (Wildman–Crippen LogP) is 4.06. The number of ether oxygens (including phenoxy) is 2. The molecule has 21 heavy (non-hydrogen) atoms. The fraction of sp³-hybridized carbons (Fsp3) is 0.294. The van der Waals surface area contributed by atoms with E-state index in [0.717, 1.165) is 17.7 Å². The van der Waals surface area contributed by atoms with Crippen LogP contribution in [0.1, 0.15) is 24.1 Å². The lowest BCUT2D eigenvalue weighted by Crippen LogP contribution is -2.22. The van der Waals surface area contributed by atoms with Gasteiger partial charge < -0.3 is 14.8 Å². The molecule has 1 N–H and O–H groups in total. The molecule has 0 aliphatic carbocycles. The van der Waals surface area contributed by atoms with E-state index in [9.17, 15) is 0 Å². The van der Waals surface area contributed by atoms with Gasteiger partial charge in [-0.2, -0.15) is 0 Å². The Balaban J connectivity index is 2.50. The van der Waals surface area contributed by atoms with Gasteiger partial charge in [0.05, 0.1) is 20.3 Å². The van der Waals surface area contributed by atoms with Crippen LogP contribution >= 0.6 is 11.6 Å². The average Bonchev–Trinajstić information content (AvgIpc) is 2.53. The van der Waals surface area contributed by atoms with E-state index in [1.54, 1.807) is 20.3 Å². The lowest BCUT2D eigenvalue weighted by Gasteiger charge is -2.21. The highest BCUT2D eigenvalue weighted by atomic mass is 35.5. The van der Waals surface area contributed by atoms with E-state index in [2.05, 4.69) is 24.4 Å². The maximum atomic E-state index is 6.44. The molecule has 0 aromatic heterocycles. The summed E-state index contributed by atoms with van der Waals surface area (Å²) in [6.07, 6.45) is 0. The van der Waals surface area contributed by atoms with Gasteiger partial charge in [0, 0.05) is 11.1 Å². The molecule has 0 spiro atoms. The molecule has 0 saturated heterocycles. The van der Waals surface area contributed by atoms with Gasteiger partial charge in [0.1, 0.15) is 0 Å². The van der Waals surface area contributed by atoms with Crippen molar-refractivity contribution in [3.8, 4) is 11.5 Å². The van der Waals surface area contributed by atoms with E-state index in [1.165, 1.54) is 0 Å². The van der Waals surface area contributed by atoms with Crippen molar-refractivity contribution in [3.63, 3.8) is 0 Å². The summed E-state index contributed by atoms with van der Waals surface area (Å²) in [5.74, 6) is 1.31. The molecule has 0 radical (unpaired) electrons. The topological polar surface area (TPSA) is 30.5 Å². The quantitative estimate of drug-likeness (QED) is 0.873. The summed E-state index contributed by atoms with van der Waals surface area (Å²) < 4.78 is 10.7. The summed E-state index contributed by atoms with van der Waals surface area (Å²) in [5, 5.41) is 4.12. The maximum absolute atomic E-state index is 6.44. The van der Waals surface area contributed by atoms with Crippen LogP contribution in [-0.2, 0) is 0 Å². The highest BCUT2D eigenvalue weighted by Crippen LogP contribution is 2.37. The number of halogens is 1. The second kappa shape index (κ2) is 7.34. The van der Waals surface area contributed by atoms with Crippen LogP contribution in [-0.4, -0.2) is 20.8 Å². The molecule has 1 atom stereocenters. The van der Waals surface area contributed by atoms with Crippen molar-refractivity contribution in [1.82, 2.24) is 5.32 Å². The lowest BCUT2D eigenvalue weighted by molar-refractivity contribution is 0.354. The minimum absolute atomic E-state index is 0.0171. The van der Waals surface area contributed by atoms with Crippen molar-refractivity contribution in [3.05, 3.63) is 58.6 Å². The van der Waals surface area contributed by atoms with Crippen LogP contribution in [0.4, 0.5) is 0 Å². The summed E-state index contributed by atoms with van der Waals surface area (Å²) in [4.78, 5) is 0. The molecular formula is C17H20ClNO2. The number of rotatable bonds is 6. The molecular weight excluding hydrogens is 286 g/mol. The van der Waals surface area contributed by atoms with Crippen molar-refractivity contribution in [2.24, 2.45) is 0 Å². The molecule has 0 fully saturated rings. The molecule has 112 valence electrons. The third kappa shape index (κ3) is 3.49. The molecule has 3 nitrogen and oxygen atoms in total. The van der Waals surface area contributed by atoms with Gasteiger partial charge in [0.25, 0.3) is 0 Å². The van der Waals surface area contributed by atoms with E-state index in [1.807, 2.05) is 24.3 Å². The van der Waals surface area contributed by atoms with Crippen molar-refractivity contribution in [1.29, 1.82) is 0 Å². The number of methoxy groups -OCH3 is 2. The molecule has 0 bridgehead atoms. The van der Waals surface area contributed by atoms with Gasteiger partial charge in [-0.15, -0.1) is 0 Å². The third-order valence-electron chi connectivity index (χ3n) is 3.36. The Morgan fingerprint density at radius 2 is 1.67 bits per heavy atom. The monoisotopic (exact) mass is 305 g/mol. The second-order valence-electron chi connectivity index (χ2n) is 4.63. The first kappa shape index (κ1) is 15.7. The highest BCUT2D eigenvalue weighted by Gasteiger charge is 2.19. The van der Waals surface area contributed by atoms with Crippen LogP contribution in [0.15, 0.2) is 42.5 Å². The Bertz CT molecular complexity index is 587. The molecule has 0 saturated carbocycles. The predicted molar refractivity (Wildman–Crippen MR) is 86.5 cm³/mol. The Morgan fingerprint density at radius 3 is 2.24 bits per heavy atom. The van der Waals surface area contributed by atoms with Gasteiger partial charge in [0.2, 0.25) is 0 Å². The SMILES string of the molecule is CCNC(c1ccccc1)c1cc(OC)c(OC)cc1Cl. The molecule has 0 aliphatic heterocycles. The summed E-state index contributed by atoms with van der Waals surface area (Å²) >= 11 is 6.44. The standard InChI is InChI=1S/C17H20ClNO2/c1-4-19-17(12-8-6-5-7-9-12)13-10-15(20-2)16(21-3)11-14(13)18/h5-11,17,19H,4H2,1-3H3. The molecule has 2 rings (SSSR count). The van der Waals surface area contributed by atoms with Crippen LogP contribution in [0.2, 0.25) is 5.02 Å². The normalized spacial score (nSPS) is 12.0. The Morgan fingerprint density at radius 1 is 1.05 bits per heavy atom. The first-order chi connectivity index (χ1) is 10.2. The zero-order valence-electron chi connectivity index (χ0n) is 12.5. The summed E-state index contributed by atoms with van der Waals surface area (Å²) in [7, 11) is 3.23. The zero-order valence-corrected chi connectivity index (χ0v) is 13.3. The Hall–Kier alpha value is -1.71. The Labute approximate surface area is 130 Å². The maximum Gasteiger partial charge on any atom is 0.162 e. The highest BCUT2D eigenvalue weighted by molar-refractivity contribution is 6.31. The van der Waals surface area contributed by atoms with Gasteiger partial charge >= 0.3 is 0 Å². The summed E-state index contributed by atoms with van der Waals surface area (Å²) in [5.41, 5.74) is 2.14. The van der Waals surface area contributed by atoms with Gasteiger partial charge in [-0.1, -0.05) is 48.9 Å². The molecule has 2 aromatic rings. The fourth-order valence-corrected chi connectivity index (χ4v) is 2.61. The third-order valence-corrected chi connectivity index (χ3v) is 3.68. The van der Waals surface area contributed by atoms with Gasteiger partial charge in [-0.05, 0) is 23.7 Å². The lowest BCUT2D eigenvalue weighted by atomic mass is 9.98. The molecule has 0 heterocycles. The first-order valence-corrected chi connectivity index (χ1v) is 7.28. The van der Waals surface area contributed by atoms with Crippen molar-refractivity contribution in [2.45, 2.75) is 13.0 Å². The molecule has 1 unspecified atom stereocenters. The van der Waals surface area contributed by atoms with E-state index in [-0.39, 0.29) is 6.04 Å². The number of hydrogen-bond acceptors (Lipinski definition) is 3. The van der Waals surface area contributed by atoms with Crippen molar-refractivity contribution in [2.75, 3.05) is 20.8 Å². The number of nitrogens with one attached hydrogen (secondary N) is 1. The van der Waals surface area contributed by atoms with E-state index in [4.69, 9.17) is 21.1 Å². The molecule has 4 heteroatoms. The largest absolute Gasteiger partial charge is 0.493 e. The van der Waals surface area contributed by atoms with Gasteiger partial charge in [-0.3, -0.25) is 0 Å². The summed E-state index contributed by atoms with van der Waals surface area (Å²) in [6, 6.07) is 14.0. The smallest absolute Gasteiger partial charge is 0.162 e. The molecule has 0 amide bonds. The van der Waals surface area contributed by atoms with Crippen molar-refractivity contribution >= 4 is 11.6 Å². The first-order valence-electron chi connectivity index (χ1n) is 6.91. The van der Waals surface area contributed by atoms with E-state index in [0.29, 0.717) is 16.5 Å². The fourth-order valence-electron chi connectivity index (χ4n) is 2.35. The minimum Gasteiger partial charge on any atom is -0.493 e. The van der Waals surface area contributed by atoms with Gasteiger partial charge in [-0.25, -0.2) is 0 Å². The van der Waals surface area contributed by atoms with Crippen LogP contribution in [0.25, 0.3) is 0 Å². The zero-order chi connectivity index (χ0) is 15.2. The molecule has 0 aliphatic rings. The minimum atomic E-state index is 0.0171. The Kier molecular flexibility index (Phi) is 5.48. The summed E-state index contributed by atoms with van der Waals surface area (Å²) in [6.45, 7) is 2.91. The van der Waals surface area contributed by atoms with Gasteiger partial charge in [0.15, 0.2) is 11.5 Å². The molecule has 2 aromatic carbocycles. The van der Waals surface area contributed by atoms with Crippen LogP contribution in [0.3, 0.4) is 0 Å². The van der Waals surface area contributed by atoms with E-state index >= 15 is 0 Å². The van der Waals surface area contributed by atoms with E-state index < -0.39 is 0 Å². The van der Waals surface area contributed by atoms with Crippen molar-refractivity contribution < 1.29 is 9.47 Å². The number of hydrogen-bond donors (Lipinski definition) is 1. The van der Waals surface area contributed by atoms with Crippen LogP contribution in [0.5, 0.6) is 11.5 Å². The van der Waals surface area contributed by atoms with Crippen LogP contribution in [0, 0.1) is 0 Å². The average molecular weight is 306 g/mol. The van der Waals surface area contributed by atoms with Crippen LogP contribution < -0.4 is 14.8 Å². The second-order valence-corrected chi connectivity index (χ2v) is 5.04.